The van der Waals surface area contributed by atoms with Crippen molar-refractivity contribution in [3.05, 3.63) is 141 Å². The number of aromatic nitrogens is 10. The molecule has 0 unspecified atom stereocenters. The van der Waals surface area contributed by atoms with Crippen molar-refractivity contribution < 1.29 is 17.6 Å². The van der Waals surface area contributed by atoms with E-state index in [1.54, 1.807) is 29.9 Å². The highest BCUT2D eigenvalue weighted by atomic mass is 19.1. The number of nitrogens with zero attached hydrogens (tertiary/aromatic N) is 11. The molecule has 0 radical (unpaired) electrons. The highest BCUT2D eigenvalue weighted by Gasteiger charge is 2.38. The molecular formula is C46H46F4N14O. The third-order valence-corrected chi connectivity index (χ3v) is 11.9. The zero-order valence-corrected chi connectivity index (χ0v) is 36.3. The smallest absolute Gasteiger partial charge is 0.272 e. The van der Waals surface area contributed by atoms with Crippen molar-refractivity contribution in [1.29, 1.82) is 0 Å². The van der Waals surface area contributed by atoms with Crippen molar-refractivity contribution in [1.82, 2.24) is 59.3 Å². The molecule has 1 saturated heterocycles. The van der Waals surface area contributed by atoms with Gasteiger partial charge in [-0.25, -0.2) is 47.6 Å². The number of imidazole rings is 1. The summed E-state index contributed by atoms with van der Waals surface area (Å²) >= 11 is 0. The van der Waals surface area contributed by atoms with Crippen LogP contribution in [0.3, 0.4) is 0 Å². The highest BCUT2D eigenvalue weighted by molar-refractivity contribution is 5.97. The number of hydrogen-bond acceptors (Lipinski definition) is 12. The molecule has 15 nitrogen and oxygen atoms in total. The molecular weight excluding hydrogens is 841 g/mol. The molecule has 0 amide bonds. The average molecular weight is 887 g/mol. The van der Waals surface area contributed by atoms with Gasteiger partial charge in [0.2, 0.25) is 5.95 Å². The van der Waals surface area contributed by atoms with Crippen LogP contribution in [0, 0.1) is 30.2 Å². The minimum Gasteiger partial charge on any atom is -0.376 e. The van der Waals surface area contributed by atoms with Gasteiger partial charge in [-0.2, -0.15) is 10.2 Å². The van der Waals surface area contributed by atoms with Gasteiger partial charge in [0.1, 0.15) is 46.6 Å². The van der Waals surface area contributed by atoms with Crippen LogP contribution in [-0.4, -0.2) is 92.0 Å². The van der Waals surface area contributed by atoms with Crippen LogP contribution in [0.15, 0.2) is 84.2 Å². The summed E-state index contributed by atoms with van der Waals surface area (Å²) in [6.07, 6.45) is 4.35. The Hall–Kier alpha value is -7.12. The first-order valence-electron chi connectivity index (χ1n) is 21.3. The second kappa shape index (κ2) is 17.8. The molecule has 19 heteroatoms. The SMILES string of the molecule is CCN1CCN(Cc2ccc(Nc3ncc(F)c(-c4cc(F)c5nc(C)n(C(C)C)c5c4)n3)nc2)CC1.Cn1ncnc1[C@H]1c2n[nH]c(=O)c3cc(F)cc(c23)N[C@@H]1c1ccc(F)cc1. The molecule has 1 fully saturated rings. The lowest BCUT2D eigenvalue weighted by molar-refractivity contribution is 0.132. The zero-order chi connectivity index (χ0) is 45.5. The fraction of sp³-hybridized carbons (Fsp3) is 0.304. The van der Waals surface area contributed by atoms with Gasteiger partial charge in [0.25, 0.3) is 5.56 Å². The maximum atomic E-state index is 14.9. The van der Waals surface area contributed by atoms with E-state index >= 15 is 0 Å². The van der Waals surface area contributed by atoms with Crippen LogP contribution in [0.4, 0.5) is 35.0 Å². The Balaban J connectivity index is 0.000000170. The zero-order valence-electron chi connectivity index (χ0n) is 36.3. The van der Waals surface area contributed by atoms with E-state index in [9.17, 15) is 22.4 Å². The van der Waals surface area contributed by atoms with Crippen molar-refractivity contribution in [2.75, 3.05) is 43.4 Å². The number of piperazine rings is 1. The Morgan fingerprint density at radius 2 is 1.63 bits per heavy atom. The normalized spacial score (nSPS) is 16.5. The van der Waals surface area contributed by atoms with Gasteiger partial charge in [0, 0.05) is 68.6 Å². The van der Waals surface area contributed by atoms with Crippen LogP contribution in [0.1, 0.15) is 67.2 Å². The maximum Gasteiger partial charge on any atom is 0.272 e. The first-order valence-corrected chi connectivity index (χ1v) is 21.3. The average Bonchev–Trinajstić information content (AvgIpc) is 3.88. The van der Waals surface area contributed by atoms with E-state index in [0.29, 0.717) is 45.3 Å². The largest absolute Gasteiger partial charge is 0.376 e. The minimum atomic E-state index is -0.636. The van der Waals surface area contributed by atoms with Crippen molar-refractivity contribution in [3.63, 3.8) is 0 Å². The molecule has 3 aromatic carbocycles. The molecule has 8 aromatic rings. The number of likely N-dealkylation sites (N-methyl/N-ethyl adjacent to an activating group) is 1. The highest BCUT2D eigenvalue weighted by Crippen LogP contribution is 2.46. The van der Waals surface area contributed by atoms with E-state index in [4.69, 9.17) is 0 Å². The van der Waals surface area contributed by atoms with Crippen molar-refractivity contribution in [3.8, 4) is 11.3 Å². The predicted octanol–water partition coefficient (Wildman–Crippen LogP) is 7.57. The second-order valence-electron chi connectivity index (χ2n) is 16.4. The molecule has 5 aromatic heterocycles. The molecule has 7 heterocycles. The fourth-order valence-electron chi connectivity index (χ4n) is 8.76. The van der Waals surface area contributed by atoms with Gasteiger partial charge in [-0.3, -0.25) is 14.4 Å². The van der Waals surface area contributed by atoms with Gasteiger partial charge in [-0.15, -0.1) is 0 Å². The van der Waals surface area contributed by atoms with Crippen LogP contribution in [0.5, 0.6) is 0 Å². The Kier molecular flexibility index (Phi) is 11.8. The first-order chi connectivity index (χ1) is 31.3. The number of fused-ring (bicyclic) bond motifs is 1. The van der Waals surface area contributed by atoms with Crippen molar-refractivity contribution >= 4 is 39.3 Å². The molecule has 0 aliphatic carbocycles. The van der Waals surface area contributed by atoms with Crippen LogP contribution < -0.4 is 16.2 Å². The molecule has 10 rings (SSSR count). The summed E-state index contributed by atoms with van der Waals surface area (Å²) in [5, 5.41) is 18.0. The molecule has 2 aliphatic rings. The number of aromatic amines is 1. The lowest BCUT2D eigenvalue weighted by Crippen LogP contribution is -2.45. The van der Waals surface area contributed by atoms with Gasteiger partial charge in [-0.05, 0) is 80.9 Å². The molecule has 2 aliphatic heterocycles. The van der Waals surface area contributed by atoms with Gasteiger partial charge in [0.15, 0.2) is 11.6 Å². The summed E-state index contributed by atoms with van der Waals surface area (Å²) < 4.78 is 60.9. The Morgan fingerprint density at radius 3 is 2.32 bits per heavy atom. The van der Waals surface area contributed by atoms with Crippen LogP contribution in [0.2, 0.25) is 0 Å². The number of hydrogen-bond donors (Lipinski definition) is 3. The number of benzene rings is 3. The Morgan fingerprint density at radius 1 is 0.862 bits per heavy atom. The van der Waals surface area contributed by atoms with E-state index in [1.807, 2.05) is 43.7 Å². The summed E-state index contributed by atoms with van der Waals surface area (Å²) in [5.41, 5.74) is 3.62. The number of aryl methyl sites for hydroxylation is 2. The van der Waals surface area contributed by atoms with Crippen LogP contribution in [-0.2, 0) is 13.6 Å². The van der Waals surface area contributed by atoms with Crippen molar-refractivity contribution in [2.45, 2.75) is 52.2 Å². The van der Waals surface area contributed by atoms with Gasteiger partial charge in [-0.1, -0.05) is 25.1 Å². The number of pyridine rings is 1. The minimum absolute atomic E-state index is 0.00954. The summed E-state index contributed by atoms with van der Waals surface area (Å²) in [6, 6.07) is 15.1. The summed E-state index contributed by atoms with van der Waals surface area (Å²) in [4.78, 5) is 38.7. The fourth-order valence-corrected chi connectivity index (χ4v) is 8.76. The maximum absolute atomic E-state index is 14.9. The second-order valence-corrected chi connectivity index (χ2v) is 16.4. The van der Waals surface area contributed by atoms with Gasteiger partial charge >= 0.3 is 0 Å². The number of anilines is 3. The summed E-state index contributed by atoms with van der Waals surface area (Å²) in [5.74, 6) is -0.441. The topological polar surface area (TPSA) is 163 Å². The Labute approximate surface area is 370 Å². The third kappa shape index (κ3) is 8.63. The van der Waals surface area contributed by atoms with E-state index in [0.717, 1.165) is 56.6 Å². The monoisotopic (exact) mass is 886 g/mol. The lowest BCUT2D eigenvalue weighted by Gasteiger charge is -2.33. The Bertz CT molecular complexity index is 3070. The van der Waals surface area contributed by atoms with Crippen LogP contribution in [0.25, 0.3) is 33.1 Å². The quantitative estimate of drug-likeness (QED) is 0.122. The molecule has 65 heavy (non-hydrogen) atoms. The molecule has 0 spiro atoms. The van der Waals surface area contributed by atoms with Gasteiger partial charge < -0.3 is 20.1 Å². The summed E-state index contributed by atoms with van der Waals surface area (Å²) in [6.45, 7) is 14.2. The summed E-state index contributed by atoms with van der Waals surface area (Å²) in [7, 11) is 1.76. The first kappa shape index (κ1) is 43.1. The van der Waals surface area contributed by atoms with E-state index < -0.39 is 35.0 Å². The number of nitrogens with one attached hydrogen (secondary N) is 3. The molecule has 334 valence electrons. The number of rotatable bonds is 9. The number of halogens is 4. The van der Waals surface area contributed by atoms with E-state index in [1.165, 1.54) is 36.7 Å². The van der Waals surface area contributed by atoms with E-state index in [2.05, 4.69) is 67.6 Å². The standard InChI is InChI=1S/C27H32F2N8.C19H14F2N6O/c1-5-35-8-10-36(11-9-35)16-19-6-7-24(30-14-19)33-27-31-15-22(29)25(34-27)20-12-21(28)26-23(13-20)37(17(2)3)18(4)32-26;1-27-18(22-8-23-27)15-16(9-2-4-10(20)5-3-9)24-13-7-11(21)6-12-14(13)17(15)25-26-19(12)28/h6-7,12-15,17H,5,8-11,16H2,1-4H3,(H,30,31,33,34);2-8,15-16,24H,1H3,(H,26,28)/t;15-,16-/m.1/s1. The molecule has 3 N–H and O–H groups in total. The molecule has 2 atom stereocenters. The molecule has 0 bridgehead atoms. The predicted molar refractivity (Wildman–Crippen MR) is 239 cm³/mol. The van der Waals surface area contributed by atoms with Crippen molar-refractivity contribution in [2.24, 2.45) is 7.05 Å². The third-order valence-electron chi connectivity index (χ3n) is 11.9. The van der Waals surface area contributed by atoms with Crippen LogP contribution >= 0.6 is 0 Å². The van der Waals surface area contributed by atoms with Gasteiger partial charge in [0.05, 0.1) is 34.8 Å². The number of H-pyrrole nitrogens is 1. The lowest BCUT2D eigenvalue weighted by atomic mass is 9.83. The molecule has 0 saturated carbocycles. The van der Waals surface area contributed by atoms with E-state index in [-0.39, 0.29) is 34.4 Å².